The summed E-state index contributed by atoms with van der Waals surface area (Å²) in [6, 6.07) is 6.12. The van der Waals surface area contributed by atoms with Crippen LogP contribution in [0.25, 0.3) is 0 Å². The molecule has 0 saturated carbocycles. The van der Waals surface area contributed by atoms with E-state index >= 15 is 0 Å². The van der Waals surface area contributed by atoms with Gasteiger partial charge in [-0.05, 0) is 31.2 Å². The van der Waals surface area contributed by atoms with Crippen molar-refractivity contribution < 1.29 is 19.1 Å². The number of esters is 2. The molecule has 0 aliphatic rings. The first kappa shape index (κ1) is 25.9. The zero-order valence-electron chi connectivity index (χ0n) is 8.65. The second-order valence-corrected chi connectivity index (χ2v) is 2.79. The van der Waals surface area contributed by atoms with Crippen molar-refractivity contribution in [3.63, 3.8) is 0 Å². The van der Waals surface area contributed by atoms with E-state index in [9.17, 15) is 9.59 Å². The Bertz CT molecular complexity index is 355. The lowest BCUT2D eigenvalue weighted by Gasteiger charge is -2.02. The number of carbonyl (C=O) groups is 2. The highest BCUT2D eigenvalue weighted by Gasteiger charge is 2.08. The van der Waals surface area contributed by atoms with Crippen LogP contribution in [0.15, 0.2) is 24.3 Å². The molecule has 1 rings (SSSR count). The Morgan fingerprint density at radius 2 is 1.26 bits per heavy atom. The Kier molecular flexibility index (Phi) is 17.2. The molecule has 4 nitrogen and oxygen atoms in total. The lowest BCUT2D eigenvalue weighted by atomic mass is 10.1. The van der Waals surface area contributed by atoms with E-state index in [0.29, 0.717) is 17.7 Å². The Morgan fingerprint density at radius 1 is 0.895 bits per heavy atom. The molecule has 0 radical (unpaired) electrons. The monoisotopic (exact) mass is 272 g/mol. The predicted octanol–water partition coefficient (Wildman–Crippen LogP) is 4.19. The molecule has 0 heterocycles. The van der Waals surface area contributed by atoms with Crippen molar-refractivity contribution in [1.82, 2.24) is 0 Å². The highest BCUT2D eigenvalue weighted by molar-refractivity contribution is 5.93. The van der Waals surface area contributed by atoms with E-state index in [1.54, 1.807) is 6.92 Å². The second-order valence-electron chi connectivity index (χ2n) is 2.79. The molecular formula is C15H28O4. The van der Waals surface area contributed by atoms with E-state index in [2.05, 4.69) is 4.74 Å². The Morgan fingerprint density at radius 3 is 1.58 bits per heavy atom. The van der Waals surface area contributed by atoms with Gasteiger partial charge in [-0.3, -0.25) is 0 Å². The molecule has 0 aliphatic carbocycles. The molecule has 1 aromatic rings. The molecule has 4 heteroatoms. The van der Waals surface area contributed by atoms with E-state index in [-0.39, 0.29) is 29.7 Å². The highest BCUT2D eigenvalue weighted by Crippen LogP contribution is 2.06. The molecule has 112 valence electrons. The Labute approximate surface area is 117 Å². The molecule has 0 fully saturated rings. The number of methoxy groups -OCH3 is 1. The van der Waals surface area contributed by atoms with Gasteiger partial charge in [0.2, 0.25) is 0 Å². The van der Waals surface area contributed by atoms with Crippen LogP contribution in [0.2, 0.25) is 0 Å². The maximum absolute atomic E-state index is 11.3. The Hall–Kier alpha value is -1.84. The summed E-state index contributed by atoms with van der Waals surface area (Å²) >= 11 is 0. The summed E-state index contributed by atoms with van der Waals surface area (Å²) in [6.07, 6.45) is 0. The van der Waals surface area contributed by atoms with Crippen LogP contribution >= 0.6 is 0 Å². The van der Waals surface area contributed by atoms with Crippen LogP contribution in [0.4, 0.5) is 0 Å². The van der Waals surface area contributed by atoms with Crippen molar-refractivity contribution in [2.24, 2.45) is 0 Å². The van der Waals surface area contributed by atoms with Gasteiger partial charge in [-0.1, -0.05) is 29.7 Å². The third-order valence-electron chi connectivity index (χ3n) is 1.82. The summed E-state index contributed by atoms with van der Waals surface area (Å²) in [5.41, 5.74) is 0.829. The van der Waals surface area contributed by atoms with Crippen molar-refractivity contribution in [2.75, 3.05) is 13.7 Å². The van der Waals surface area contributed by atoms with Gasteiger partial charge in [0.1, 0.15) is 0 Å². The molecule has 1 aromatic carbocycles. The van der Waals surface area contributed by atoms with Gasteiger partial charge < -0.3 is 9.47 Å². The van der Waals surface area contributed by atoms with Crippen LogP contribution < -0.4 is 0 Å². The summed E-state index contributed by atoms with van der Waals surface area (Å²) in [5, 5.41) is 0. The van der Waals surface area contributed by atoms with Gasteiger partial charge >= 0.3 is 11.9 Å². The van der Waals surface area contributed by atoms with Gasteiger partial charge in [-0.2, -0.15) is 0 Å². The molecule has 0 saturated heterocycles. The molecular weight excluding hydrogens is 244 g/mol. The van der Waals surface area contributed by atoms with Gasteiger partial charge in [0.15, 0.2) is 0 Å². The van der Waals surface area contributed by atoms with Crippen molar-refractivity contribution in [1.29, 1.82) is 0 Å². The van der Waals surface area contributed by atoms with Crippen LogP contribution in [0, 0.1) is 0 Å². The summed E-state index contributed by atoms with van der Waals surface area (Å²) < 4.78 is 9.33. The minimum atomic E-state index is -0.426. The van der Waals surface area contributed by atoms with Crippen LogP contribution in [0.3, 0.4) is 0 Å². The fraction of sp³-hybridized carbons (Fsp3) is 0.467. The third kappa shape index (κ3) is 7.24. The zero-order chi connectivity index (χ0) is 11.3. The summed E-state index contributed by atoms with van der Waals surface area (Å²) in [6.45, 7) is 2.07. The van der Waals surface area contributed by atoms with Gasteiger partial charge in [-0.25, -0.2) is 9.59 Å². The molecule has 0 aromatic heterocycles. The van der Waals surface area contributed by atoms with Crippen molar-refractivity contribution >= 4 is 11.9 Å². The number of hydrogen-bond acceptors (Lipinski definition) is 4. The number of rotatable bonds is 3. The average molecular weight is 272 g/mol. The first-order valence-corrected chi connectivity index (χ1v) is 4.54. The topological polar surface area (TPSA) is 52.6 Å². The van der Waals surface area contributed by atoms with Crippen molar-refractivity contribution in [3.05, 3.63) is 35.4 Å². The normalized spacial score (nSPS) is 7.47. The van der Waals surface area contributed by atoms with Gasteiger partial charge in [0.05, 0.1) is 24.8 Å². The number of carbonyl (C=O) groups excluding carboxylic acids is 2. The van der Waals surface area contributed by atoms with Gasteiger partial charge in [-0.15, -0.1) is 0 Å². The van der Waals surface area contributed by atoms with E-state index < -0.39 is 11.9 Å². The number of benzene rings is 1. The fourth-order valence-electron chi connectivity index (χ4n) is 1.07. The smallest absolute Gasteiger partial charge is 0.338 e. The molecule has 19 heavy (non-hydrogen) atoms. The largest absolute Gasteiger partial charge is 0.465 e. The molecule has 0 amide bonds. The van der Waals surface area contributed by atoms with Crippen LogP contribution in [-0.4, -0.2) is 25.7 Å². The fourth-order valence-corrected chi connectivity index (χ4v) is 1.07. The van der Waals surface area contributed by atoms with E-state index in [0.717, 1.165) is 0 Å². The SMILES string of the molecule is C.C.C.C.CCOC(=O)c1ccc(C(=O)OC)cc1. The standard InChI is InChI=1S/C11H12O4.4CH4/c1-3-15-11(13)9-6-4-8(5-7-9)10(12)14-2;;;;/h4-7H,3H2,1-2H3;4*1H4. The summed E-state index contributed by atoms with van der Waals surface area (Å²) in [7, 11) is 1.31. The lowest BCUT2D eigenvalue weighted by molar-refractivity contribution is 0.0523. The van der Waals surface area contributed by atoms with Crippen LogP contribution in [0.5, 0.6) is 0 Å². The summed E-state index contributed by atoms with van der Waals surface area (Å²) in [4.78, 5) is 22.3. The van der Waals surface area contributed by atoms with Gasteiger partial charge in [0, 0.05) is 0 Å². The van der Waals surface area contributed by atoms with E-state index in [1.807, 2.05) is 0 Å². The average Bonchev–Trinajstić information content (AvgIpc) is 2.28. The quantitative estimate of drug-likeness (QED) is 0.774. The van der Waals surface area contributed by atoms with Crippen LogP contribution in [-0.2, 0) is 9.47 Å². The molecule has 0 N–H and O–H groups in total. The number of ether oxygens (including phenoxy) is 2. The minimum absolute atomic E-state index is 0. The first-order chi connectivity index (χ1) is 7.19. The molecule has 0 atom stereocenters. The molecule has 0 aliphatic heterocycles. The highest BCUT2D eigenvalue weighted by atomic mass is 16.5. The summed E-state index contributed by atoms with van der Waals surface area (Å²) in [5.74, 6) is -0.820. The predicted molar refractivity (Wildman–Crippen MR) is 80.7 cm³/mol. The van der Waals surface area contributed by atoms with Gasteiger partial charge in [0.25, 0.3) is 0 Å². The van der Waals surface area contributed by atoms with Crippen LogP contribution in [0.1, 0.15) is 57.3 Å². The molecule has 0 bridgehead atoms. The minimum Gasteiger partial charge on any atom is -0.465 e. The maximum atomic E-state index is 11.3. The molecule has 0 spiro atoms. The van der Waals surface area contributed by atoms with Crippen molar-refractivity contribution in [3.8, 4) is 0 Å². The van der Waals surface area contributed by atoms with E-state index in [1.165, 1.54) is 31.4 Å². The zero-order valence-corrected chi connectivity index (χ0v) is 8.65. The maximum Gasteiger partial charge on any atom is 0.338 e. The Balaban J connectivity index is -0.000000281. The van der Waals surface area contributed by atoms with Crippen molar-refractivity contribution in [2.45, 2.75) is 36.6 Å². The number of hydrogen-bond donors (Lipinski definition) is 0. The second kappa shape index (κ2) is 12.6. The lowest BCUT2D eigenvalue weighted by Crippen LogP contribution is -2.06. The third-order valence-corrected chi connectivity index (χ3v) is 1.82. The molecule has 0 unspecified atom stereocenters. The van der Waals surface area contributed by atoms with E-state index in [4.69, 9.17) is 4.74 Å². The first-order valence-electron chi connectivity index (χ1n) is 4.54.